The lowest BCUT2D eigenvalue weighted by molar-refractivity contribution is -0.0669. The topological polar surface area (TPSA) is 155 Å². The highest BCUT2D eigenvalue weighted by atomic mass is 79.9. The Morgan fingerprint density at radius 1 is 1.48 bits per heavy atom. The third kappa shape index (κ3) is 2.38. The van der Waals surface area contributed by atoms with Crippen LogP contribution < -0.4 is 5.73 Å². The predicted octanol–water partition coefficient (Wildman–Crippen LogP) is -0.0549. The molecule has 2 fully saturated rings. The molecule has 4 rings (SSSR count). The summed E-state index contributed by atoms with van der Waals surface area (Å²) in [6, 6.07) is 0. The molecule has 5 atom stereocenters. The summed E-state index contributed by atoms with van der Waals surface area (Å²) in [6.45, 7) is -0.173. The van der Waals surface area contributed by atoms with Crippen LogP contribution in [-0.2, 0) is 18.3 Å². The zero-order valence-electron chi connectivity index (χ0n) is 11.3. The third-order valence-corrected chi connectivity index (χ3v) is 5.23. The van der Waals surface area contributed by atoms with Gasteiger partial charge in [-0.1, -0.05) is 0 Å². The zero-order valence-corrected chi connectivity index (χ0v) is 13.8. The van der Waals surface area contributed by atoms with Crippen molar-refractivity contribution in [1.29, 1.82) is 0 Å². The second-order valence-corrected chi connectivity index (χ2v) is 7.19. The van der Waals surface area contributed by atoms with Gasteiger partial charge in [-0.15, -0.1) is 0 Å². The van der Waals surface area contributed by atoms with Crippen molar-refractivity contribution in [2.24, 2.45) is 0 Å². The second kappa shape index (κ2) is 5.18. The van der Waals surface area contributed by atoms with E-state index < -0.39 is 32.4 Å². The number of nitrogens with two attached hydrogens (primary N) is 1. The number of aliphatic hydroxyl groups is 1. The van der Waals surface area contributed by atoms with E-state index in [-0.39, 0.29) is 12.4 Å². The van der Waals surface area contributed by atoms with E-state index in [9.17, 15) is 14.6 Å². The first-order valence-electron chi connectivity index (χ1n) is 6.50. The van der Waals surface area contributed by atoms with Gasteiger partial charge in [0.25, 0.3) is 0 Å². The Kier molecular flexibility index (Phi) is 3.47. The van der Waals surface area contributed by atoms with Crippen LogP contribution in [0.25, 0.3) is 11.2 Å². The molecule has 124 valence electrons. The standard InChI is InChI=1S/C10H11BrN5O6P/c11-10-15-4-7(12)13-2-14-8(4)16(10)9-5(17)6-3(21-9)1-20-23(18,19)22-6/h2-3,5-6,9,17H,1H2,(H,18,19)(H2,12,13,14)/t3-,5?,6+,9-/m1/s1. The second-order valence-electron chi connectivity index (χ2n) is 5.07. The minimum absolute atomic E-state index is 0.173. The highest BCUT2D eigenvalue weighted by Crippen LogP contribution is 2.52. The monoisotopic (exact) mass is 407 g/mol. The maximum atomic E-state index is 11.5. The van der Waals surface area contributed by atoms with Gasteiger partial charge in [0.1, 0.15) is 24.6 Å². The number of phosphoric ester groups is 1. The smallest absolute Gasteiger partial charge is 0.386 e. The Bertz CT molecular complexity index is 831. The van der Waals surface area contributed by atoms with Crippen LogP contribution in [0.3, 0.4) is 0 Å². The van der Waals surface area contributed by atoms with Crippen LogP contribution in [0, 0.1) is 0 Å². The molecule has 0 bridgehead atoms. The first-order chi connectivity index (χ1) is 10.9. The van der Waals surface area contributed by atoms with Gasteiger partial charge < -0.3 is 20.5 Å². The number of phosphoric acid groups is 1. The Morgan fingerprint density at radius 2 is 2.26 bits per heavy atom. The van der Waals surface area contributed by atoms with Gasteiger partial charge in [-0.2, -0.15) is 0 Å². The molecule has 13 heteroatoms. The van der Waals surface area contributed by atoms with Crippen LogP contribution in [-0.4, -0.2) is 54.4 Å². The molecule has 2 aliphatic rings. The number of fused-ring (bicyclic) bond motifs is 2. The minimum atomic E-state index is -4.19. The molecule has 0 spiro atoms. The van der Waals surface area contributed by atoms with Crippen LogP contribution >= 0.6 is 23.8 Å². The quantitative estimate of drug-likeness (QED) is 0.432. The van der Waals surface area contributed by atoms with Gasteiger partial charge in [-0.3, -0.25) is 13.6 Å². The molecule has 2 saturated heterocycles. The molecule has 11 nitrogen and oxygen atoms in total. The van der Waals surface area contributed by atoms with E-state index in [2.05, 4.69) is 30.9 Å². The van der Waals surface area contributed by atoms with Crippen molar-refractivity contribution in [2.75, 3.05) is 12.3 Å². The number of nitrogen functional groups attached to an aromatic ring is 1. The van der Waals surface area contributed by atoms with Gasteiger partial charge in [0.15, 0.2) is 27.9 Å². The Balaban J connectivity index is 1.76. The summed E-state index contributed by atoms with van der Waals surface area (Å²) in [5.41, 5.74) is 6.45. The van der Waals surface area contributed by atoms with Crippen molar-refractivity contribution < 1.29 is 28.3 Å². The molecule has 23 heavy (non-hydrogen) atoms. The first kappa shape index (κ1) is 15.4. The van der Waals surface area contributed by atoms with Crippen LogP contribution in [0.4, 0.5) is 5.82 Å². The fourth-order valence-electron chi connectivity index (χ4n) is 2.67. The summed E-state index contributed by atoms with van der Waals surface area (Å²) >= 11 is 3.26. The molecule has 2 aromatic heterocycles. The fourth-order valence-corrected chi connectivity index (χ4v) is 4.19. The summed E-state index contributed by atoms with van der Waals surface area (Å²) in [5, 5.41) is 10.5. The highest BCUT2D eigenvalue weighted by Gasteiger charge is 2.53. The first-order valence-corrected chi connectivity index (χ1v) is 8.79. The van der Waals surface area contributed by atoms with Crippen LogP contribution in [0.15, 0.2) is 11.1 Å². The highest BCUT2D eigenvalue weighted by molar-refractivity contribution is 9.10. The van der Waals surface area contributed by atoms with Crippen molar-refractivity contribution in [2.45, 2.75) is 24.5 Å². The minimum Gasteiger partial charge on any atom is -0.386 e. The molecule has 0 radical (unpaired) electrons. The number of aliphatic hydroxyl groups excluding tert-OH is 1. The van der Waals surface area contributed by atoms with Gasteiger partial charge in [-0.05, 0) is 15.9 Å². The Morgan fingerprint density at radius 3 is 3.04 bits per heavy atom. The lowest BCUT2D eigenvalue weighted by Crippen LogP contribution is -2.39. The van der Waals surface area contributed by atoms with E-state index >= 15 is 0 Å². The Labute approximate surface area is 137 Å². The molecule has 2 aromatic rings. The van der Waals surface area contributed by atoms with E-state index in [1.54, 1.807) is 0 Å². The average Bonchev–Trinajstić information content (AvgIpc) is 2.97. The van der Waals surface area contributed by atoms with E-state index in [1.165, 1.54) is 10.9 Å². The molecule has 0 amide bonds. The average molecular weight is 408 g/mol. The maximum absolute atomic E-state index is 11.5. The lowest BCUT2D eigenvalue weighted by Gasteiger charge is -2.27. The summed E-state index contributed by atoms with van der Waals surface area (Å²) < 4.78 is 28.6. The number of anilines is 1. The van der Waals surface area contributed by atoms with Gasteiger partial charge in [0.2, 0.25) is 0 Å². The van der Waals surface area contributed by atoms with Gasteiger partial charge in [0.05, 0.1) is 6.61 Å². The van der Waals surface area contributed by atoms with Gasteiger partial charge in [0, 0.05) is 0 Å². The molecule has 0 aliphatic carbocycles. The fraction of sp³-hybridized carbons (Fsp3) is 0.500. The van der Waals surface area contributed by atoms with Crippen molar-refractivity contribution >= 4 is 40.7 Å². The number of hydrogen-bond donors (Lipinski definition) is 3. The number of halogens is 1. The molecule has 2 aliphatic heterocycles. The number of nitrogens with zero attached hydrogens (tertiary/aromatic N) is 4. The van der Waals surface area contributed by atoms with Crippen molar-refractivity contribution in [3.8, 4) is 0 Å². The zero-order chi connectivity index (χ0) is 16.4. The molecule has 4 N–H and O–H groups in total. The van der Waals surface area contributed by atoms with Crippen LogP contribution in [0.2, 0.25) is 0 Å². The largest absolute Gasteiger partial charge is 0.472 e. The van der Waals surface area contributed by atoms with Crippen molar-refractivity contribution in [1.82, 2.24) is 19.5 Å². The normalized spacial score (nSPS) is 37.2. The predicted molar refractivity (Wildman–Crippen MR) is 78.0 cm³/mol. The Hall–Kier alpha value is -1.14. The summed E-state index contributed by atoms with van der Waals surface area (Å²) in [5.74, 6) is 0.179. The molecule has 0 aromatic carbocycles. The lowest BCUT2D eigenvalue weighted by atomic mass is 10.1. The third-order valence-electron chi connectivity index (χ3n) is 3.68. The van der Waals surface area contributed by atoms with E-state index in [4.69, 9.17) is 19.5 Å². The number of hydrogen-bond acceptors (Lipinski definition) is 9. The van der Waals surface area contributed by atoms with Gasteiger partial charge in [-0.25, -0.2) is 19.5 Å². The van der Waals surface area contributed by atoms with Gasteiger partial charge >= 0.3 is 7.82 Å². The number of imidazole rings is 1. The van der Waals surface area contributed by atoms with E-state index in [0.717, 1.165) is 0 Å². The summed E-state index contributed by atoms with van der Waals surface area (Å²) in [7, 11) is -4.19. The SMILES string of the molecule is Nc1ncnc2c1nc(Br)n2[C@@H]1O[C@@H]2COP(=O)(O)O[C@@H]2C1O. The molecule has 0 saturated carbocycles. The number of aromatic nitrogens is 4. The molecular formula is C10H11BrN5O6P. The van der Waals surface area contributed by atoms with Crippen LogP contribution in [0.5, 0.6) is 0 Å². The summed E-state index contributed by atoms with van der Waals surface area (Å²) in [6.07, 6.45) is -2.62. The molecule has 2 unspecified atom stereocenters. The van der Waals surface area contributed by atoms with E-state index in [0.29, 0.717) is 15.9 Å². The maximum Gasteiger partial charge on any atom is 0.472 e. The van der Waals surface area contributed by atoms with Crippen LogP contribution in [0.1, 0.15) is 6.23 Å². The molecular weight excluding hydrogens is 397 g/mol. The molecule has 4 heterocycles. The summed E-state index contributed by atoms with van der Waals surface area (Å²) in [4.78, 5) is 21.5. The van der Waals surface area contributed by atoms with Crippen molar-refractivity contribution in [3.05, 3.63) is 11.1 Å². The number of ether oxygens (including phenoxy) is 1. The number of rotatable bonds is 1. The van der Waals surface area contributed by atoms with Crippen molar-refractivity contribution in [3.63, 3.8) is 0 Å². The van der Waals surface area contributed by atoms with E-state index in [1.807, 2.05) is 0 Å².